The van der Waals surface area contributed by atoms with Gasteiger partial charge in [-0.25, -0.2) is 0 Å². The summed E-state index contributed by atoms with van der Waals surface area (Å²) in [6.07, 6.45) is 3.61. The van der Waals surface area contributed by atoms with Crippen molar-refractivity contribution in [2.45, 2.75) is 39.5 Å². The lowest BCUT2D eigenvalue weighted by Crippen LogP contribution is -2.47. The normalized spacial score (nSPS) is 28.4. The second-order valence-electron chi connectivity index (χ2n) is 6.39. The number of rotatable bonds is 2. The molecule has 0 radical (unpaired) electrons. The van der Waals surface area contributed by atoms with Crippen LogP contribution in [0.1, 0.15) is 39.5 Å². The van der Waals surface area contributed by atoms with Crippen molar-refractivity contribution in [2.75, 3.05) is 26.3 Å². The number of hydrogen-bond acceptors (Lipinski definition) is 3. The average molecular weight is 250 g/mol. The molecule has 0 aromatic heterocycles. The highest BCUT2D eigenvalue weighted by Gasteiger charge is 2.40. The summed E-state index contributed by atoms with van der Waals surface area (Å²) in [5.41, 5.74) is -0.363. The van der Waals surface area contributed by atoms with Gasteiger partial charge in [-0.15, -0.1) is 0 Å². The van der Waals surface area contributed by atoms with E-state index in [0.717, 1.165) is 39.1 Å². The molecule has 18 heavy (non-hydrogen) atoms. The Kier molecular flexibility index (Phi) is 3.63. The van der Waals surface area contributed by atoms with Gasteiger partial charge in [0.05, 0.1) is 18.1 Å². The van der Waals surface area contributed by atoms with Crippen molar-refractivity contribution >= 4 is 5.91 Å². The molecule has 0 saturated carbocycles. The predicted molar refractivity (Wildman–Crippen MR) is 67.7 cm³/mol. The van der Waals surface area contributed by atoms with Crippen molar-refractivity contribution < 1.29 is 9.53 Å². The molecule has 2 saturated heterocycles. The molecule has 0 bridgehead atoms. The lowest BCUT2D eigenvalue weighted by atomic mass is 9.79. The maximum Gasteiger partial charge on any atom is 0.224 e. The zero-order chi connectivity index (χ0) is 13.2. The van der Waals surface area contributed by atoms with E-state index in [1.165, 1.54) is 6.42 Å². The molecule has 4 nitrogen and oxygen atoms in total. The Hall–Kier alpha value is -1.08. The Balaban J connectivity index is 1.97. The van der Waals surface area contributed by atoms with Crippen LogP contribution in [0.4, 0.5) is 0 Å². The summed E-state index contributed by atoms with van der Waals surface area (Å²) >= 11 is 0. The van der Waals surface area contributed by atoms with Gasteiger partial charge in [-0.05, 0) is 33.1 Å². The minimum absolute atomic E-state index is 0.118. The van der Waals surface area contributed by atoms with E-state index in [9.17, 15) is 4.79 Å². The number of nitrogens with zero attached hydrogens (tertiary/aromatic N) is 2. The third kappa shape index (κ3) is 2.84. The van der Waals surface area contributed by atoms with E-state index in [4.69, 9.17) is 10.00 Å². The quantitative estimate of drug-likeness (QED) is 0.752. The van der Waals surface area contributed by atoms with Crippen molar-refractivity contribution in [3.05, 3.63) is 0 Å². The van der Waals surface area contributed by atoms with Crippen LogP contribution in [0.2, 0.25) is 0 Å². The van der Waals surface area contributed by atoms with Crippen LogP contribution in [-0.4, -0.2) is 37.1 Å². The fraction of sp³-hybridized carbons (Fsp3) is 0.857. The number of carbonyl (C=O) groups excluding carboxylic acids is 1. The minimum atomic E-state index is -0.562. The Morgan fingerprint density at radius 1 is 1.50 bits per heavy atom. The van der Waals surface area contributed by atoms with Crippen molar-refractivity contribution in [3.8, 4) is 6.07 Å². The predicted octanol–water partition coefficient (Wildman–Crippen LogP) is 1.96. The first-order chi connectivity index (χ1) is 8.46. The van der Waals surface area contributed by atoms with Gasteiger partial charge in [0.25, 0.3) is 0 Å². The first kappa shape index (κ1) is 13.4. The second kappa shape index (κ2) is 4.89. The van der Waals surface area contributed by atoms with Gasteiger partial charge in [0, 0.05) is 31.5 Å². The molecule has 2 aliphatic heterocycles. The van der Waals surface area contributed by atoms with Crippen LogP contribution in [0.15, 0.2) is 0 Å². The summed E-state index contributed by atoms with van der Waals surface area (Å²) < 4.78 is 5.50. The molecule has 2 rings (SSSR count). The minimum Gasteiger partial charge on any atom is -0.381 e. The first-order valence-corrected chi connectivity index (χ1v) is 6.73. The number of carbonyl (C=O) groups is 1. The number of nitriles is 1. The van der Waals surface area contributed by atoms with Crippen LogP contribution < -0.4 is 0 Å². The molecular formula is C14H22N2O2. The lowest BCUT2D eigenvalue weighted by molar-refractivity contribution is -0.136. The summed E-state index contributed by atoms with van der Waals surface area (Å²) in [6.45, 7) is 6.91. The molecule has 2 heterocycles. The maximum absolute atomic E-state index is 12.2. The van der Waals surface area contributed by atoms with Crippen molar-refractivity contribution in [2.24, 2.45) is 10.8 Å². The van der Waals surface area contributed by atoms with Crippen molar-refractivity contribution in [1.82, 2.24) is 4.90 Å². The highest BCUT2D eigenvalue weighted by molar-refractivity contribution is 5.77. The average Bonchev–Trinajstić information content (AvgIpc) is 2.77. The zero-order valence-electron chi connectivity index (χ0n) is 11.4. The fourth-order valence-corrected chi connectivity index (χ4v) is 2.92. The number of amides is 1. The van der Waals surface area contributed by atoms with Gasteiger partial charge in [-0.1, -0.05) is 0 Å². The van der Waals surface area contributed by atoms with Crippen LogP contribution in [0.25, 0.3) is 0 Å². The van der Waals surface area contributed by atoms with Crippen LogP contribution in [0.3, 0.4) is 0 Å². The van der Waals surface area contributed by atoms with Gasteiger partial charge in [0.1, 0.15) is 0 Å². The van der Waals surface area contributed by atoms with E-state index in [-0.39, 0.29) is 11.3 Å². The molecule has 4 heteroatoms. The summed E-state index contributed by atoms with van der Waals surface area (Å²) in [5, 5.41) is 9.01. The fourth-order valence-electron chi connectivity index (χ4n) is 2.92. The number of piperidine rings is 1. The monoisotopic (exact) mass is 250 g/mol. The van der Waals surface area contributed by atoms with E-state index in [1.54, 1.807) is 0 Å². The van der Waals surface area contributed by atoms with E-state index in [1.807, 2.05) is 18.7 Å². The molecule has 1 amide bonds. The van der Waals surface area contributed by atoms with E-state index >= 15 is 0 Å². The highest BCUT2D eigenvalue weighted by atomic mass is 16.5. The third-order valence-electron chi connectivity index (χ3n) is 4.09. The molecule has 0 N–H and O–H groups in total. The Bertz CT molecular complexity index is 364. The van der Waals surface area contributed by atoms with Gasteiger partial charge >= 0.3 is 0 Å². The third-order valence-corrected chi connectivity index (χ3v) is 4.09. The van der Waals surface area contributed by atoms with E-state index in [2.05, 4.69) is 6.07 Å². The number of likely N-dealkylation sites (tertiary alicyclic amines) is 1. The van der Waals surface area contributed by atoms with Gasteiger partial charge in [-0.2, -0.15) is 5.26 Å². The highest BCUT2D eigenvalue weighted by Crippen LogP contribution is 2.38. The molecule has 2 aliphatic rings. The second-order valence-corrected chi connectivity index (χ2v) is 6.39. The lowest BCUT2D eigenvalue weighted by Gasteiger charge is -2.40. The largest absolute Gasteiger partial charge is 0.381 e. The Morgan fingerprint density at radius 2 is 2.28 bits per heavy atom. The smallest absolute Gasteiger partial charge is 0.224 e. The summed E-state index contributed by atoms with van der Waals surface area (Å²) in [5.74, 6) is 0.118. The standard InChI is InChI=1S/C14H22N2O2/c1-13(2,9-15)8-12(17)16-6-3-4-14(10-16)5-7-18-11-14/h3-8,10-11H2,1-2H3. The summed E-state index contributed by atoms with van der Waals surface area (Å²) in [4.78, 5) is 14.2. The van der Waals surface area contributed by atoms with Gasteiger partial charge in [0.2, 0.25) is 5.91 Å². The number of ether oxygens (including phenoxy) is 1. The Labute approximate surface area is 109 Å². The van der Waals surface area contributed by atoms with Crippen LogP contribution >= 0.6 is 0 Å². The maximum atomic E-state index is 12.2. The van der Waals surface area contributed by atoms with Crippen molar-refractivity contribution in [3.63, 3.8) is 0 Å². The zero-order valence-corrected chi connectivity index (χ0v) is 11.4. The molecule has 0 aliphatic carbocycles. The van der Waals surface area contributed by atoms with Gasteiger partial charge in [0.15, 0.2) is 0 Å². The SMILES string of the molecule is CC(C)(C#N)CC(=O)N1CCCC2(CCOC2)C1. The van der Waals surface area contributed by atoms with Crippen LogP contribution in [-0.2, 0) is 9.53 Å². The molecule has 100 valence electrons. The van der Waals surface area contributed by atoms with Gasteiger partial charge < -0.3 is 9.64 Å². The van der Waals surface area contributed by atoms with E-state index < -0.39 is 5.41 Å². The molecule has 2 fully saturated rings. The number of hydrogen-bond donors (Lipinski definition) is 0. The van der Waals surface area contributed by atoms with E-state index in [0.29, 0.717) is 6.42 Å². The molecule has 1 unspecified atom stereocenters. The van der Waals surface area contributed by atoms with Crippen LogP contribution in [0, 0.1) is 22.2 Å². The molecule has 0 aromatic carbocycles. The van der Waals surface area contributed by atoms with Crippen molar-refractivity contribution in [1.29, 1.82) is 5.26 Å². The topological polar surface area (TPSA) is 53.3 Å². The molecular weight excluding hydrogens is 228 g/mol. The van der Waals surface area contributed by atoms with Gasteiger partial charge in [-0.3, -0.25) is 4.79 Å². The first-order valence-electron chi connectivity index (χ1n) is 6.73. The van der Waals surface area contributed by atoms with Crippen LogP contribution in [0.5, 0.6) is 0 Å². The Morgan fingerprint density at radius 3 is 2.89 bits per heavy atom. The molecule has 0 aromatic rings. The molecule has 1 atom stereocenters. The summed E-state index contributed by atoms with van der Waals surface area (Å²) in [6, 6.07) is 2.20. The molecule has 1 spiro atoms. The summed E-state index contributed by atoms with van der Waals surface area (Å²) in [7, 11) is 0.